The van der Waals surface area contributed by atoms with Crippen molar-refractivity contribution in [3.63, 3.8) is 0 Å². The van der Waals surface area contributed by atoms with Gasteiger partial charge in [-0.1, -0.05) is 36.4 Å². The minimum Gasteiger partial charge on any atom is -0.494 e. The Balaban J connectivity index is 1.91. The molecule has 0 radical (unpaired) electrons. The average molecular weight is 323 g/mol. The van der Waals surface area contributed by atoms with Crippen LogP contribution in [-0.4, -0.2) is 21.3 Å². The molecule has 4 nitrogen and oxygen atoms in total. The van der Waals surface area contributed by atoms with Crippen LogP contribution in [0.3, 0.4) is 0 Å². The van der Waals surface area contributed by atoms with Crippen LogP contribution in [0.25, 0.3) is 0 Å². The third-order valence-corrected chi connectivity index (χ3v) is 4.54. The quantitative estimate of drug-likeness (QED) is 0.852. The molecule has 22 heavy (non-hydrogen) atoms. The highest BCUT2D eigenvalue weighted by atomic mass is 32.2. The van der Waals surface area contributed by atoms with Crippen LogP contribution in [0.1, 0.15) is 11.1 Å². The van der Waals surface area contributed by atoms with Gasteiger partial charge in [-0.3, -0.25) is 0 Å². The Bertz CT molecular complexity index is 717. The summed E-state index contributed by atoms with van der Waals surface area (Å²) in [5.41, 5.74) is 1.50. The molecule has 0 atom stereocenters. The second-order valence-corrected chi connectivity index (χ2v) is 6.77. The van der Waals surface area contributed by atoms with Gasteiger partial charge in [0.25, 0.3) is 0 Å². The number of methoxy groups -OCH3 is 1. The molecule has 0 aliphatic rings. The van der Waals surface area contributed by atoms with Gasteiger partial charge >= 0.3 is 0 Å². The number of ether oxygens (including phenoxy) is 1. The normalized spacial score (nSPS) is 11.4. The summed E-state index contributed by atoms with van der Waals surface area (Å²) in [6, 6.07) is 13.8. The van der Waals surface area contributed by atoms with Gasteiger partial charge in [0.1, 0.15) is 0 Å². The molecular formula is C16H18FNO3S. The zero-order valence-electron chi connectivity index (χ0n) is 12.3. The molecule has 6 heteroatoms. The molecular weight excluding hydrogens is 305 g/mol. The van der Waals surface area contributed by atoms with E-state index in [0.29, 0.717) is 12.0 Å². The molecule has 0 aliphatic carbocycles. The van der Waals surface area contributed by atoms with E-state index < -0.39 is 15.8 Å². The molecule has 2 rings (SSSR count). The van der Waals surface area contributed by atoms with Crippen molar-refractivity contribution in [1.82, 2.24) is 4.72 Å². The first-order chi connectivity index (χ1) is 10.5. The standard InChI is InChI=1S/C16H18FNO3S/c1-21-16-8-7-14(11-15(16)17)12-18-22(19,20)10-9-13-5-3-2-4-6-13/h2-8,11,18H,9-10,12H2,1H3. The second-order valence-electron chi connectivity index (χ2n) is 4.84. The number of halogens is 1. The maximum absolute atomic E-state index is 13.5. The summed E-state index contributed by atoms with van der Waals surface area (Å²) in [6.45, 7) is 0.0536. The Labute approximate surface area is 130 Å². The number of nitrogens with one attached hydrogen (secondary N) is 1. The average Bonchev–Trinajstić information content (AvgIpc) is 2.52. The molecule has 1 N–H and O–H groups in total. The Hall–Kier alpha value is -1.92. The highest BCUT2D eigenvalue weighted by molar-refractivity contribution is 7.89. The molecule has 0 fully saturated rings. The first-order valence-corrected chi connectivity index (χ1v) is 8.49. The fourth-order valence-corrected chi connectivity index (χ4v) is 3.02. The molecule has 0 heterocycles. The van der Waals surface area contributed by atoms with Crippen molar-refractivity contribution in [2.45, 2.75) is 13.0 Å². The maximum atomic E-state index is 13.5. The summed E-state index contributed by atoms with van der Waals surface area (Å²) >= 11 is 0. The largest absolute Gasteiger partial charge is 0.494 e. The summed E-state index contributed by atoms with van der Waals surface area (Å²) < 4.78 is 44.7. The van der Waals surface area contributed by atoms with Gasteiger partial charge in [-0.05, 0) is 29.7 Å². The zero-order valence-corrected chi connectivity index (χ0v) is 13.1. The van der Waals surface area contributed by atoms with Crippen LogP contribution in [0, 0.1) is 5.82 Å². The lowest BCUT2D eigenvalue weighted by atomic mass is 10.2. The molecule has 0 saturated carbocycles. The molecule has 0 bridgehead atoms. The van der Waals surface area contributed by atoms with Crippen molar-refractivity contribution >= 4 is 10.0 Å². The van der Waals surface area contributed by atoms with Gasteiger partial charge in [0.15, 0.2) is 11.6 Å². The monoisotopic (exact) mass is 323 g/mol. The fraction of sp³-hybridized carbons (Fsp3) is 0.250. The number of hydrogen-bond donors (Lipinski definition) is 1. The van der Waals surface area contributed by atoms with Crippen LogP contribution < -0.4 is 9.46 Å². The molecule has 0 aromatic heterocycles. The third kappa shape index (κ3) is 4.82. The molecule has 0 spiro atoms. The van der Waals surface area contributed by atoms with E-state index in [9.17, 15) is 12.8 Å². The Morgan fingerprint density at radius 2 is 1.82 bits per heavy atom. The van der Waals surface area contributed by atoms with Crippen LogP contribution >= 0.6 is 0 Å². The van der Waals surface area contributed by atoms with Crippen LogP contribution in [0.2, 0.25) is 0 Å². The van der Waals surface area contributed by atoms with Crippen molar-refractivity contribution in [2.75, 3.05) is 12.9 Å². The summed E-state index contributed by atoms with van der Waals surface area (Å²) in [7, 11) is -2.03. The minimum atomic E-state index is -3.41. The molecule has 2 aromatic rings. The molecule has 0 aliphatic heterocycles. The Morgan fingerprint density at radius 1 is 1.09 bits per heavy atom. The lowest BCUT2D eigenvalue weighted by Gasteiger charge is -2.08. The van der Waals surface area contributed by atoms with E-state index in [2.05, 4.69) is 4.72 Å². The highest BCUT2D eigenvalue weighted by Gasteiger charge is 2.11. The van der Waals surface area contributed by atoms with Crippen LogP contribution in [-0.2, 0) is 23.0 Å². The third-order valence-electron chi connectivity index (χ3n) is 3.21. The smallest absolute Gasteiger partial charge is 0.212 e. The van der Waals surface area contributed by atoms with Gasteiger partial charge in [-0.25, -0.2) is 17.5 Å². The lowest BCUT2D eigenvalue weighted by Crippen LogP contribution is -2.26. The van der Waals surface area contributed by atoms with E-state index in [4.69, 9.17) is 4.74 Å². The van der Waals surface area contributed by atoms with Crippen molar-refractivity contribution in [3.05, 3.63) is 65.5 Å². The highest BCUT2D eigenvalue weighted by Crippen LogP contribution is 2.17. The maximum Gasteiger partial charge on any atom is 0.212 e. The Kier molecular flexibility index (Phi) is 5.51. The van der Waals surface area contributed by atoms with Crippen molar-refractivity contribution in [1.29, 1.82) is 0 Å². The first-order valence-electron chi connectivity index (χ1n) is 6.84. The van der Waals surface area contributed by atoms with Crippen molar-refractivity contribution in [2.24, 2.45) is 0 Å². The van der Waals surface area contributed by atoms with E-state index >= 15 is 0 Å². The van der Waals surface area contributed by atoms with Crippen LogP contribution in [0.5, 0.6) is 5.75 Å². The Morgan fingerprint density at radius 3 is 2.45 bits per heavy atom. The first kappa shape index (κ1) is 16.5. The van der Waals surface area contributed by atoms with Crippen LogP contribution in [0.15, 0.2) is 48.5 Å². The predicted molar refractivity (Wildman–Crippen MR) is 83.7 cm³/mol. The number of hydrogen-bond acceptors (Lipinski definition) is 3. The van der Waals surface area contributed by atoms with E-state index in [1.54, 1.807) is 6.07 Å². The number of benzene rings is 2. The predicted octanol–water partition coefficient (Wildman–Crippen LogP) is 2.50. The number of rotatable bonds is 7. The summed E-state index contributed by atoms with van der Waals surface area (Å²) in [4.78, 5) is 0. The van der Waals surface area contributed by atoms with E-state index in [1.165, 1.54) is 19.2 Å². The van der Waals surface area contributed by atoms with Gasteiger partial charge in [0.2, 0.25) is 10.0 Å². The van der Waals surface area contributed by atoms with Crippen molar-refractivity contribution < 1.29 is 17.5 Å². The van der Waals surface area contributed by atoms with Crippen LogP contribution in [0.4, 0.5) is 4.39 Å². The van der Waals surface area contributed by atoms with E-state index in [1.807, 2.05) is 30.3 Å². The molecule has 0 amide bonds. The van der Waals surface area contributed by atoms with Gasteiger partial charge in [0.05, 0.1) is 12.9 Å². The van der Waals surface area contributed by atoms with Gasteiger partial charge in [-0.2, -0.15) is 0 Å². The van der Waals surface area contributed by atoms with Gasteiger partial charge < -0.3 is 4.74 Å². The fourth-order valence-electron chi connectivity index (χ4n) is 1.98. The molecule has 0 saturated heterocycles. The summed E-state index contributed by atoms with van der Waals surface area (Å²) in [5.74, 6) is -0.380. The SMILES string of the molecule is COc1ccc(CNS(=O)(=O)CCc2ccccc2)cc1F. The molecule has 118 valence electrons. The van der Waals surface area contributed by atoms with Gasteiger partial charge in [0, 0.05) is 6.54 Å². The topological polar surface area (TPSA) is 55.4 Å². The zero-order chi connectivity index (χ0) is 16.0. The summed E-state index contributed by atoms with van der Waals surface area (Å²) in [5, 5.41) is 0. The lowest BCUT2D eigenvalue weighted by molar-refractivity contribution is 0.386. The van der Waals surface area contributed by atoms with E-state index in [-0.39, 0.29) is 18.0 Å². The van der Waals surface area contributed by atoms with E-state index in [0.717, 1.165) is 5.56 Å². The molecule has 0 unspecified atom stereocenters. The molecule has 2 aromatic carbocycles. The van der Waals surface area contributed by atoms with Crippen molar-refractivity contribution in [3.8, 4) is 5.75 Å². The minimum absolute atomic E-state index is 0.00432. The number of sulfonamides is 1. The number of aryl methyl sites for hydroxylation is 1. The van der Waals surface area contributed by atoms with Gasteiger partial charge in [-0.15, -0.1) is 0 Å². The second kappa shape index (κ2) is 7.38. The summed E-state index contributed by atoms with van der Waals surface area (Å²) in [6.07, 6.45) is 0.438.